The number of benzene rings is 6. The summed E-state index contributed by atoms with van der Waals surface area (Å²) in [5.41, 5.74) is 14.7. The second kappa shape index (κ2) is 14.7. The molecule has 0 unspecified atom stereocenters. The van der Waals surface area contributed by atoms with E-state index >= 15 is 0 Å². The predicted octanol–water partition coefficient (Wildman–Crippen LogP) is 13.3. The Morgan fingerprint density at radius 1 is 0.460 bits per heavy atom. The van der Waals surface area contributed by atoms with Crippen LogP contribution in [0.4, 0.5) is 0 Å². The fourth-order valence-corrected chi connectivity index (χ4v) is 6.78. The first-order valence-electron chi connectivity index (χ1n) is 17.5. The number of allylic oxidation sites excluding steroid dienone is 4. The van der Waals surface area contributed by atoms with Gasteiger partial charge in [-0.3, -0.25) is 0 Å². The summed E-state index contributed by atoms with van der Waals surface area (Å²) >= 11 is 0. The van der Waals surface area contributed by atoms with Crippen molar-refractivity contribution in [1.82, 2.24) is 4.57 Å². The first-order chi connectivity index (χ1) is 24.4. The minimum Gasteiger partial charge on any atom is -0.338 e. The number of fused-ring (bicyclic) bond motifs is 3. The molecule has 0 spiro atoms. The summed E-state index contributed by atoms with van der Waals surface area (Å²) in [6.45, 7) is 8.80. The van der Waals surface area contributed by atoms with E-state index in [1.807, 2.05) is 0 Å². The van der Waals surface area contributed by atoms with Crippen LogP contribution >= 0.6 is 0 Å². The van der Waals surface area contributed by atoms with Gasteiger partial charge in [0.15, 0.2) is 0 Å². The van der Waals surface area contributed by atoms with Gasteiger partial charge in [-0.15, -0.1) is 0 Å². The fraction of sp³-hybridized carbons (Fsp3) is 0.102. The van der Waals surface area contributed by atoms with Gasteiger partial charge in [0, 0.05) is 27.8 Å². The largest absolute Gasteiger partial charge is 0.338 e. The average molecular weight is 646 g/mol. The molecule has 0 radical (unpaired) electrons. The van der Waals surface area contributed by atoms with E-state index in [-0.39, 0.29) is 0 Å². The van der Waals surface area contributed by atoms with E-state index in [0.29, 0.717) is 6.04 Å². The normalized spacial score (nSPS) is 12.7. The van der Waals surface area contributed by atoms with E-state index in [9.17, 15) is 0 Å². The van der Waals surface area contributed by atoms with Crippen LogP contribution in [-0.4, -0.2) is 4.57 Å². The Bertz CT molecular complexity index is 2190. The van der Waals surface area contributed by atoms with Crippen LogP contribution in [0.25, 0.3) is 45.1 Å². The van der Waals surface area contributed by atoms with Crippen molar-refractivity contribution >= 4 is 45.1 Å². The molecule has 0 saturated heterocycles. The van der Waals surface area contributed by atoms with Gasteiger partial charge in [0.05, 0.1) is 0 Å². The third kappa shape index (κ3) is 7.09. The molecule has 0 saturated carbocycles. The molecule has 0 amide bonds. The number of hydrogen-bond acceptors (Lipinski definition) is 0. The van der Waals surface area contributed by atoms with Crippen LogP contribution in [0.5, 0.6) is 0 Å². The maximum Gasteiger partial charge on any atom is 0.0494 e. The second-order valence-electron chi connectivity index (χ2n) is 13.4. The molecule has 244 valence electrons. The molecule has 0 atom stereocenters. The average Bonchev–Trinajstić information content (AvgIpc) is 3.47. The quantitative estimate of drug-likeness (QED) is 0.138. The van der Waals surface area contributed by atoms with Crippen LogP contribution in [0, 0.1) is 13.8 Å². The Labute approximate surface area is 296 Å². The fourth-order valence-electron chi connectivity index (χ4n) is 6.78. The molecule has 0 bridgehead atoms. The zero-order chi connectivity index (χ0) is 34.5. The number of hydrogen-bond donors (Lipinski definition) is 0. The third-order valence-corrected chi connectivity index (χ3v) is 9.36. The lowest BCUT2D eigenvalue weighted by Gasteiger charge is -2.11. The van der Waals surface area contributed by atoms with Crippen LogP contribution in [0.1, 0.15) is 64.4 Å². The Morgan fingerprint density at radius 2 is 0.840 bits per heavy atom. The van der Waals surface area contributed by atoms with Crippen molar-refractivity contribution in [2.45, 2.75) is 33.7 Å². The van der Waals surface area contributed by atoms with Crippen molar-refractivity contribution < 1.29 is 0 Å². The van der Waals surface area contributed by atoms with Gasteiger partial charge < -0.3 is 4.57 Å². The maximum atomic E-state index is 2.46. The van der Waals surface area contributed by atoms with E-state index in [1.54, 1.807) is 0 Å². The van der Waals surface area contributed by atoms with Crippen molar-refractivity contribution in [1.29, 1.82) is 0 Å². The summed E-state index contributed by atoms with van der Waals surface area (Å²) < 4.78 is 2.46. The summed E-state index contributed by atoms with van der Waals surface area (Å²) in [6, 6.07) is 52.9. The molecule has 0 aliphatic heterocycles. The van der Waals surface area contributed by atoms with E-state index < -0.39 is 0 Å². The van der Waals surface area contributed by atoms with Gasteiger partial charge in [0.25, 0.3) is 0 Å². The zero-order valence-corrected chi connectivity index (χ0v) is 29.3. The molecular formula is C49H43N. The smallest absolute Gasteiger partial charge is 0.0494 e. The molecule has 0 N–H and O–H groups in total. The van der Waals surface area contributed by atoms with Crippen LogP contribution in [0.3, 0.4) is 0 Å². The first-order valence-corrected chi connectivity index (χ1v) is 17.5. The summed E-state index contributed by atoms with van der Waals surface area (Å²) in [5, 5.41) is 2.55. The Hall–Kier alpha value is -5.92. The Kier molecular flexibility index (Phi) is 9.58. The van der Waals surface area contributed by atoms with E-state index in [0.717, 1.165) is 0 Å². The topological polar surface area (TPSA) is 4.93 Å². The highest BCUT2D eigenvalue weighted by molar-refractivity contribution is 6.09. The van der Waals surface area contributed by atoms with Crippen molar-refractivity contribution in [3.8, 4) is 0 Å². The summed E-state index contributed by atoms with van der Waals surface area (Å²) in [4.78, 5) is 0. The van der Waals surface area contributed by atoms with Gasteiger partial charge in [-0.1, -0.05) is 169 Å². The molecule has 1 heterocycles. The minimum atomic E-state index is 0.342. The lowest BCUT2D eigenvalue weighted by molar-refractivity contribution is 0.642. The van der Waals surface area contributed by atoms with Gasteiger partial charge >= 0.3 is 0 Å². The Balaban J connectivity index is 1.25. The number of aryl methyl sites for hydroxylation is 2. The SMILES string of the molecule is Cc1ccc(C(=CC=Cc2ccc3c(c2)c2cc(C=CC=C(c4ccccc4)c4ccc(C)cc4)ccc2n3C(C)C)c2ccccc2)cc1. The highest BCUT2D eigenvalue weighted by Crippen LogP contribution is 2.34. The standard InChI is InChI=1S/C49H43N/c1-35(2)50-48-31-25-38(13-11-19-44(40-15-7-5-8-16-40)42-27-21-36(3)22-28-42)33-46(48)47-34-39(26-32-49(47)50)14-12-20-45(41-17-9-6-10-18-41)43-29-23-37(4)24-30-43/h5-35H,1-4H3. The molecule has 0 aliphatic rings. The van der Waals surface area contributed by atoms with Crippen LogP contribution in [0.15, 0.2) is 170 Å². The number of aromatic nitrogens is 1. The van der Waals surface area contributed by atoms with Crippen LogP contribution in [-0.2, 0) is 0 Å². The van der Waals surface area contributed by atoms with Crippen LogP contribution < -0.4 is 0 Å². The molecule has 7 aromatic rings. The molecule has 7 rings (SSSR count). The molecule has 1 heteroatoms. The maximum absolute atomic E-state index is 2.46. The zero-order valence-electron chi connectivity index (χ0n) is 29.3. The summed E-state index contributed by atoms with van der Waals surface area (Å²) in [5.74, 6) is 0. The third-order valence-electron chi connectivity index (χ3n) is 9.36. The molecule has 0 aliphatic carbocycles. The van der Waals surface area contributed by atoms with E-state index in [2.05, 4.69) is 214 Å². The van der Waals surface area contributed by atoms with Gasteiger partial charge in [-0.2, -0.15) is 0 Å². The molecule has 6 aromatic carbocycles. The van der Waals surface area contributed by atoms with Gasteiger partial charge in [-0.05, 0) is 96.5 Å². The number of rotatable bonds is 9. The van der Waals surface area contributed by atoms with Crippen molar-refractivity contribution in [3.05, 3.63) is 214 Å². The van der Waals surface area contributed by atoms with Crippen molar-refractivity contribution in [2.75, 3.05) is 0 Å². The molecule has 50 heavy (non-hydrogen) atoms. The minimum absolute atomic E-state index is 0.342. The first kappa shape index (κ1) is 32.6. The predicted molar refractivity (Wildman–Crippen MR) is 217 cm³/mol. The monoisotopic (exact) mass is 645 g/mol. The molecule has 0 fully saturated rings. The van der Waals surface area contributed by atoms with Crippen molar-refractivity contribution in [3.63, 3.8) is 0 Å². The van der Waals surface area contributed by atoms with Gasteiger partial charge in [0.2, 0.25) is 0 Å². The number of nitrogens with zero attached hydrogens (tertiary/aromatic N) is 1. The summed E-state index contributed by atoms with van der Waals surface area (Å²) in [6.07, 6.45) is 13.3. The lowest BCUT2D eigenvalue weighted by Crippen LogP contribution is -1.99. The molecule has 1 aromatic heterocycles. The lowest BCUT2D eigenvalue weighted by atomic mass is 9.96. The van der Waals surface area contributed by atoms with Gasteiger partial charge in [-0.25, -0.2) is 0 Å². The molecule has 1 nitrogen and oxygen atoms in total. The van der Waals surface area contributed by atoms with E-state index in [1.165, 1.54) is 77.5 Å². The molecular weight excluding hydrogens is 603 g/mol. The van der Waals surface area contributed by atoms with Gasteiger partial charge in [0.1, 0.15) is 0 Å². The highest BCUT2D eigenvalue weighted by Gasteiger charge is 2.13. The van der Waals surface area contributed by atoms with Crippen molar-refractivity contribution in [2.24, 2.45) is 0 Å². The van der Waals surface area contributed by atoms with E-state index in [4.69, 9.17) is 0 Å². The summed E-state index contributed by atoms with van der Waals surface area (Å²) in [7, 11) is 0. The second-order valence-corrected chi connectivity index (χ2v) is 13.4. The highest BCUT2D eigenvalue weighted by atomic mass is 15.0. The Morgan fingerprint density at radius 3 is 1.22 bits per heavy atom. The van der Waals surface area contributed by atoms with Crippen LogP contribution in [0.2, 0.25) is 0 Å².